The lowest BCUT2D eigenvalue weighted by Gasteiger charge is -2.40. The van der Waals surface area contributed by atoms with Crippen LogP contribution in [0.3, 0.4) is 0 Å². The van der Waals surface area contributed by atoms with Crippen molar-refractivity contribution in [3.63, 3.8) is 0 Å². The highest BCUT2D eigenvalue weighted by Gasteiger charge is 2.30. The predicted octanol–water partition coefficient (Wildman–Crippen LogP) is 2.67. The maximum absolute atomic E-state index is 10.00. The standard InChI is InChI=1S/C15H23NO/c1-3-14-11-16(12(2)9-15(14)17)10-13-7-5-4-6-8-13/h4-8,12,14-15,17H,3,9-11H2,1-2H3/t12-,14-,15-/m0/s1. The number of aliphatic hydroxyl groups excluding tert-OH is 1. The fourth-order valence-electron chi connectivity index (χ4n) is 2.73. The highest BCUT2D eigenvalue weighted by Crippen LogP contribution is 2.25. The number of hydrogen-bond acceptors (Lipinski definition) is 2. The Morgan fingerprint density at radius 3 is 2.65 bits per heavy atom. The molecule has 1 aromatic rings. The van der Waals surface area contributed by atoms with Crippen molar-refractivity contribution in [3.8, 4) is 0 Å². The minimum Gasteiger partial charge on any atom is -0.393 e. The van der Waals surface area contributed by atoms with Gasteiger partial charge < -0.3 is 5.11 Å². The molecule has 1 aromatic carbocycles. The third-order valence-electron chi connectivity index (χ3n) is 3.97. The zero-order valence-electron chi connectivity index (χ0n) is 10.8. The van der Waals surface area contributed by atoms with Crippen molar-refractivity contribution in [1.29, 1.82) is 0 Å². The molecule has 94 valence electrons. The van der Waals surface area contributed by atoms with Gasteiger partial charge in [-0.1, -0.05) is 37.3 Å². The largest absolute Gasteiger partial charge is 0.393 e. The van der Waals surface area contributed by atoms with Crippen molar-refractivity contribution in [2.24, 2.45) is 5.92 Å². The van der Waals surface area contributed by atoms with Gasteiger partial charge in [0, 0.05) is 19.1 Å². The first-order chi connectivity index (χ1) is 8.20. The van der Waals surface area contributed by atoms with Crippen LogP contribution >= 0.6 is 0 Å². The molecule has 0 amide bonds. The van der Waals surface area contributed by atoms with E-state index in [1.165, 1.54) is 5.56 Å². The average molecular weight is 233 g/mol. The van der Waals surface area contributed by atoms with Gasteiger partial charge in [-0.3, -0.25) is 4.90 Å². The molecule has 17 heavy (non-hydrogen) atoms. The second kappa shape index (κ2) is 5.65. The van der Waals surface area contributed by atoms with E-state index >= 15 is 0 Å². The molecule has 0 unspecified atom stereocenters. The minimum absolute atomic E-state index is 0.109. The zero-order chi connectivity index (χ0) is 12.3. The zero-order valence-corrected chi connectivity index (χ0v) is 10.8. The summed E-state index contributed by atoms with van der Waals surface area (Å²) in [6.07, 6.45) is 1.87. The summed E-state index contributed by atoms with van der Waals surface area (Å²) in [7, 11) is 0. The van der Waals surface area contributed by atoms with E-state index in [0.29, 0.717) is 12.0 Å². The molecule has 0 spiro atoms. The smallest absolute Gasteiger partial charge is 0.0595 e. The first kappa shape index (κ1) is 12.6. The van der Waals surface area contributed by atoms with E-state index in [9.17, 15) is 5.11 Å². The van der Waals surface area contributed by atoms with Crippen LogP contribution in [0.25, 0.3) is 0 Å². The summed E-state index contributed by atoms with van der Waals surface area (Å²) in [5.74, 6) is 0.440. The van der Waals surface area contributed by atoms with Crippen molar-refractivity contribution < 1.29 is 5.11 Å². The lowest BCUT2D eigenvalue weighted by molar-refractivity contribution is -0.00662. The molecule has 0 bridgehead atoms. The van der Waals surface area contributed by atoms with Crippen molar-refractivity contribution in [1.82, 2.24) is 4.90 Å². The van der Waals surface area contributed by atoms with Gasteiger partial charge in [0.05, 0.1) is 6.10 Å². The molecule has 2 heteroatoms. The van der Waals surface area contributed by atoms with Crippen LogP contribution in [0.5, 0.6) is 0 Å². The Hall–Kier alpha value is -0.860. The van der Waals surface area contributed by atoms with Gasteiger partial charge in [0.15, 0.2) is 0 Å². The number of rotatable bonds is 3. The molecular weight excluding hydrogens is 210 g/mol. The molecule has 0 radical (unpaired) electrons. The SMILES string of the molecule is CC[C@H]1CN(Cc2ccccc2)[C@@H](C)C[C@@H]1O. The molecule has 1 aliphatic rings. The molecule has 2 rings (SSSR count). The normalized spacial score (nSPS) is 30.4. The molecule has 1 saturated heterocycles. The van der Waals surface area contributed by atoms with E-state index in [1.54, 1.807) is 0 Å². The minimum atomic E-state index is -0.109. The van der Waals surface area contributed by atoms with Crippen molar-refractivity contribution >= 4 is 0 Å². The lowest BCUT2D eigenvalue weighted by Crippen LogP contribution is -2.47. The summed E-state index contributed by atoms with van der Waals surface area (Å²) >= 11 is 0. The Morgan fingerprint density at radius 1 is 1.29 bits per heavy atom. The molecule has 3 atom stereocenters. The van der Waals surface area contributed by atoms with Crippen molar-refractivity contribution in [2.75, 3.05) is 6.54 Å². The third kappa shape index (κ3) is 3.08. The van der Waals surface area contributed by atoms with E-state index in [-0.39, 0.29) is 6.10 Å². The van der Waals surface area contributed by atoms with Crippen molar-refractivity contribution in [2.45, 2.75) is 45.4 Å². The number of aliphatic hydroxyl groups is 1. The van der Waals surface area contributed by atoms with Crippen LogP contribution in [0.2, 0.25) is 0 Å². The second-order valence-corrected chi connectivity index (χ2v) is 5.24. The van der Waals surface area contributed by atoms with Crippen LogP contribution in [0.4, 0.5) is 0 Å². The Bertz CT molecular complexity index is 338. The second-order valence-electron chi connectivity index (χ2n) is 5.24. The van der Waals surface area contributed by atoms with Gasteiger partial charge in [0.25, 0.3) is 0 Å². The topological polar surface area (TPSA) is 23.5 Å². The highest BCUT2D eigenvalue weighted by molar-refractivity contribution is 5.14. The van der Waals surface area contributed by atoms with Gasteiger partial charge in [-0.05, 0) is 31.2 Å². The van der Waals surface area contributed by atoms with Gasteiger partial charge >= 0.3 is 0 Å². The lowest BCUT2D eigenvalue weighted by atomic mass is 9.88. The van der Waals surface area contributed by atoms with Gasteiger partial charge in [-0.2, -0.15) is 0 Å². The van der Waals surface area contributed by atoms with Crippen molar-refractivity contribution in [3.05, 3.63) is 35.9 Å². The molecule has 0 aliphatic carbocycles. The maximum atomic E-state index is 10.00. The third-order valence-corrected chi connectivity index (χ3v) is 3.97. The predicted molar refractivity (Wildman–Crippen MR) is 70.7 cm³/mol. The highest BCUT2D eigenvalue weighted by atomic mass is 16.3. The molecule has 1 fully saturated rings. The first-order valence-corrected chi connectivity index (χ1v) is 6.66. The summed E-state index contributed by atoms with van der Waals surface area (Å²) in [5, 5.41) is 10.00. The van der Waals surface area contributed by atoms with Crippen LogP contribution in [0.15, 0.2) is 30.3 Å². The Morgan fingerprint density at radius 2 is 2.00 bits per heavy atom. The molecular formula is C15H23NO. The summed E-state index contributed by atoms with van der Waals surface area (Å²) < 4.78 is 0. The van der Waals surface area contributed by atoms with Gasteiger partial charge in [0.2, 0.25) is 0 Å². The van der Waals surface area contributed by atoms with Crippen LogP contribution < -0.4 is 0 Å². The first-order valence-electron chi connectivity index (χ1n) is 6.66. The van der Waals surface area contributed by atoms with E-state index < -0.39 is 0 Å². The monoisotopic (exact) mass is 233 g/mol. The van der Waals surface area contributed by atoms with Gasteiger partial charge in [-0.15, -0.1) is 0 Å². The summed E-state index contributed by atoms with van der Waals surface area (Å²) in [5.41, 5.74) is 1.37. The maximum Gasteiger partial charge on any atom is 0.0595 e. The van der Waals surface area contributed by atoms with Crippen LogP contribution in [0.1, 0.15) is 32.3 Å². The van der Waals surface area contributed by atoms with E-state index in [1.807, 2.05) is 0 Å². The molecule has 1 heterocycles. The summed E-state index contributed by atoms with van der Waals surface area (Å²) in [6.45, 7) is 6.42. The van der Waals surface area contributed by atoms with E-state index in [4.69, 9.17) is 0 Å². The molecule has 2 nitrogen and oxygen atoms in total. The average Bonchev–Trinajstić information content (AvgIpc) is 2.34. The number of piperidine rings is 1. The molecule has 0 aromatic heterocycles. The number of likely N-dealkylation sites (tertiary alicyclic amines) is 1. The molecule has 1 N–H and O–H groups in total. The molecule has 0 saturated carbocycles. The van der Waals surface area contributed by atoms with Crippen LogP contribution in [-0.4, -0.2) is 28.7 Å². The Labute approximate surface area is 104 Å². The summed E-state index contributed by atoms with van der Waals surface area (Å²) in [6, 6.07) is 11.1. The van der Waals surface area contributed by atoms with E-state index in [2.05, 4.69) is 49.1 Å². The van der Waals surface area contributed by atoms with E-state index in [0.717, 1.165) is 25.9 Å². The quantitative estimate of drug-likeness (QED) is 0.867. The Kier molecular flexibility index (Phi) is 4.19. The number of benzene rings is 1. The van der Waals surface area contributed by atoms with Gasteiger partial charge in [0.1, 0.15) is 0 Å². The summed E-state index contributed by atoms with van der Waals surface area (Å²) in [4.78, 5) is 2.50. The van der Waals surface area contributed by atoms with Crippen LogP contribution in [0, 0.1) is 5.92 Å². The van der Waals surface area contributed by atoms with Gasteiger partial charge in [-0.25, -0.2) is 0 Å². The fraction of sp³-hybridized carbons (Fsp3) is 0.600. The number of nitrogens with zero attached hydrogens (tertiary/aromatic N) is 1. The fourth-order valence-corrected chi connectivity index (χ4v) is 2.73. The van der Waals surface area contributed by atoms with Crippen LogP contribution in [-0.2, 0) is 6.54 Å². The molecule has 1 aliphatic heterocycles. The number of hydrogen-bond donors (Lipinski definition) is 1. The Balaban J connectivity index is 2.00.